The van der Waals surface area contributed by atoms with E-state index in [0.29, 0.717) is 18.0 Å². The van der Waals surface area contributed by atoms with Gasteiger partial charge in [-0.3, -0.25) is 4.79 Å². The van der Waals surface area contributed by atoms with Gasteiger partial charge in [0, 0.05) is 10.9 Å². The number of carbonyl (C=O) groups is 1. The molecule has 0 unspecified atom stereocenters. The molecule has 0 fully saturated rings. The zero-order valence-electron chi connectivity index (χ0n) is 14.0. The monoisotopic (exact) mass is 323 g/mol. The Morgan fingerprint density at radius 1 is 1.17 bits per heavy atom. The quantitative estimate of drug-likeness (QED) is 0.722. The number of nitrogens with one attached hydrogen (secondary N) is 1. The Bertz CT molecular complexity index is 851. The Kier molecular flexibility index (Phi) is 4.85. The van der Waals surface area contributed by atoms with Gasteiger partial charge >= 0.3 is 0 Å². The Hall–Kier alpha value is -2.75. The number of para-hydroxylation sites is 2. The lowest BCUT2D eigenvalue weighted by Gasteiger charge is -2.10. The molecule has 4 heteroatoms. The van der Waals surface area contributed by atoms with Crippen molar-refractivity contribution in [1.82, 2.24) is 0 Å². The van der Waals surface area contributed by atoms with Crippen LogP contribution in [0, 0.1) is 0 Å². The summed E-state index contributed by atoms with van der Waals surface area (Å²) in [7, 11) is 0. The van der Waals surface area contributed by atoms with Crippen LogP contribution >= 0.6 is 0 Å². The van der Waals surface area contributed by atoms with E-state index in [1.54, 1.807) is 6.26 Å². The normalized spacial score (nSPS) is 10.8. The average Bonchev–Trinajstić information content (AvgIpc) is 2.99. The maximum absolute atomic E-state index is 12.4. The van der Waals surface area contributed by atoms with Crippen LogP contribution in [-0.2, 0) is 17.6 Å². The van der Waals surface area contributed by atoms with E-state index in [4.69, 9.17) is 9.15 Å². The van der Waals surface area contributed by atoms with Crippen molar-refractivity contribution in [2.24, 2.45) is 0 Å². The number of ether oxygens (including phenoxy) is 1. The zero-order chi connectivity index (χ0) is 16.9. The van der Waals surface area contributed by atoms with Gasteiger partial charge in [0.05, 0.1) is 25.0 Å². The Morgan fingerprint density at radius 2 is 2.00 bits per heavy atom. The molecule has 0 saturated carbocycles. The molecule has 3 rings (SSSR count). The molecule has 1 N–H and O–H groups in total. The number of carbonyl (C=O) groups excluding carboxylic acids is 1. The minimum absolute atomic E-state index is 0.0931. The molecule has 1 amide bonds. The zero-order valence-corrected chi connectivity index (χ0v) is 14.0. The Balaban J connectivity index is 1.76. The molecule has 0 spiro atoms. The van der Waals surface area contributed by atoms with Gasteiger partial charge in [-0.2, -0.15) is 0 Å². The number of aryl methyl sites for hydroxylation is 1. The number of benzene rings is 2. The minimum Gasteiger partial charge on any atom is -0.492 e. The molecule has 3 aromatic rings. The van der Waals surface area contributed by atoms with E-state index in [2.05, 4.69) is 18.3 Å². The maximum atomic E-state index is 12.4. The molecule has 124 valence electrons. The molecule has 0 bridgehead atoms. The van der Waals surface area contributed by atoms with Gasteiger partial charge < -0.3 is 14.5 Å². The smallest absolute Gasteiger partial charge is 0.229 e. The molecule has 1 heterocycles. The minimum atomic E-state index is -0.0931. The lowest BCUT2D eigenvalue weighted by Crippen LogP contribution is -2.15. The highest BCUT2D eigenvalue weighted by Gasteiger charge is 2.12. The fraction of sp³-hybridized carbons (Fsp3) is 0.250. The first kappa shape index (κ1) is 16.1. The van der Waals surface area contributed by atoms with Gasteiger partial charge in [0.1, 0.15) is 11.3 Å². The van der Waals surface area contributed by atoms with Crippen LogP contribution < -0.4 is 10.1 Å². The highest BCUT2D eigenvalue weighted by molar-refractivity contribution is 5.96. The standard InChI is InChI=1S/C20H21NO3/c1-3-14-9-10-16-15(13-24-19(16)11-14)12-20(22)21-17-7-5-6-8-18(17)23-4-2/h5-11,13H,3-4,12H2,1-2H3,(H,21,22). The van der Waals surface area contributed by atoms with Crippen molar-refractivity contribution in [2.45, 2.75) is 26.7 Å². The third kappa shape index (κ3) is 3.43. The maximum Gasteiger partial charge on any atom is 0.229 e. The number of anilines is 1. The average molecular weight is 323 g/mol. The second kappa shape index (κ2) is 7.21. The van der Waals surface area contributed by atoms with Crippen LogP contribution in [-0.4, -0.2) is 12.5 Å². The van der Waals surface area contributed by atoms with Crippen molar-refractivity contribution >= 4 is 22.6 Å². The van der Waals surface area contributed by atoms with Crippen LogP contribution in [0.3, 0.4) is 0 Å². The lowest BCUT2D eigenvalue weighted by molar-refractivity contribution is -0.115. The molecule has 1 aromatic heterocycles. The second-order valence-corrected chi connectivity index (χ2v) is 5.60. The van der Waals surface area contributed by atoms with E-state index in [1.807, 2.05) is 43.3 Å². The van der Waals surface area contributed by atoms with Crippen LogP contribution in [0.4, 0.5) is 5.69 Å². The van der Waals surface area contributed by atoms with Crippen LogP contribution in [0.25, 0.3) is 11.0 Å². The molecule has 0 aliphatic rings. The van der Waals surface area contributed by atoms with Crippen molar-refractivity contribution in [1.29, 1.82) is 0 Å². The summed E-state index contributed by atoms with van der Waals surface area (Å²) in [5.41, 5.74) is 3.62. The van der Waals surface area contributed by atoms with Crippen LogP contribution in [0.5, 0.6) is 5.75 Å². The van der Waals surface area contributed by atoms with Gasteiger partial charge in [-0.1, -0.05) is 31.2 Å². The van der Waals surface area contributed by atoms with Crippen molar-refractivity contribution in [3.63, 3.8) is 0 Å². The van der Waals surface area contributed by atoms with Crippen LogP contribution in [0.2, 0.25) is 0 Å². The van der Waals surface area contributed by atoms with Crippen molar-refractivity contribution in [2.75, 3.05) is 11.9 Å². The highest BCUT2D eigenvalue weighted by atomic mass is 16.5. The summed E-state index contributed by atoms with van der Waals surface area (Å²) in [6, 6.07) is 13.6. The van der Waals surface area contributed by atoms with Gasteiger partial charge in [0.2, 0.25) is 5.91 Å². The first-order valence-electron chi connectivity index (χ1n) is 8.22. The largest absolute Gasteiger partial charge is 0.492 e. The predicted octanol–water partition coefficient (Wildman–Crippen LogP) is 4.58. The van der Waals surface area contributed by atoms with Crippen LogP contribution in [0.1, 0.15) is 25.0 Å². The SMILES string of the molecule is CCOc1ccccc1NC(=O)Cc1coc2cc(CC)ccc12. The van der Waals surface area contributed by atoms with Crippen molar-refractivity contribution < 1.29 is 13.9 Å². The second-order valence-electron chi connectivity index (χ2n) is 5.60. The van der Waals surface area contributed by atoms with Gasteiger partial charge in [-0.15, -0.1) is 0 Å². The number of fused-ring (bicyclic) bond motifs is 1. The number of hydrogen-bond donors (Lipinski definition) is 1. The summed E-state index contributed by atoms with van der Waals surface area (Å²) in [6.07, 6.45) is 2.89. The summed E-state index contributed by atoms with van der Waals surface area (Å²) in [5.74, 6) is 0.586. The lowest BCUT2D eigenvalue weighted by atomic mass is 10.1. The summed E-state index contributed by atoms with van der Waals surface area (Å²) in [6.45, 7) is 4.58. The summed E-state index contributed by atoms with van der Waals surface area (Å²) < 4.78 is 11.1. The molecule has 0 aliphatic carbocycles. The van der Waals surface area contributed by atoms with E-state index in [1.165, 1.54) is 5.56 Å². The van der Waals surface area contributed by atoms with Gasteiger partial charge in [0.25, 0.3) is 0 Å². The third-order valence-corrected chi connectivity index (χ3v) is 3.94. The molecule has 0 aliphatic heterocycles. The summed E-state index contributed by atoms with van der Waals surface area (Å²) in [5, 5.41) is 3.90. The number of amides is 1. The molecular formula is C20H21NO3. The third-order valence-electron chi connectivity index (χ3n) is 3.94. The van der Waals surface area contributed by atoms with E-state index in [-0.39, 0.29) is 12.3 Å². The number of hydrogen-bond acceptors (Lipinski definition) is 3. The fourth-order valence-corrected chi connectivity index (χ4v) is 2.70. The summed E-state index contributed by atoms with van der Waals surface area (Å²) >= 11 is 0. The molecule has 0 radical (unpaired) electrons. The Labute approximate surface area is 141 Å². The van der Waals surface area contributed by atoms with Gasteiger partial charge in [-0.25, -0.2) is 0 Å². The summed E-state index contributed by atoms with van der Waals surface area (Å²) in [4.78, 5) is 12.4. The topological polar surface area (TPSA) is 51.5 Å². The predicted molar refractivity (Wildman–Crippen MR) is 95.5 cm³/mol. The molecule has 4 nitrogen and oxygen atoms in total. The number of furan rings is 1. The molecule has 0 saturated heterocycles. The van der Waals surface area contributed by atoms with Crippen molar-refractivity contribution in [3.05, 3.63) is 59.9 Å². The molecular weight excluding hydrogens is 302 g/mol. The van der Waals surface area contributed by atoms with Crippen LogP contribution in [0.15, 0.2) is 53.1 Å². The Morgan fingerprint density at radius 3 is 2.79 bits per heavy atom. The van der Waals surface area contributed by atoms with E-state index in [9.17, 15) is 4.79 Å². The number of rotatable bonds is 6. The first-order chi connectivity index (χ1) is 11.7. The highest BCUT2D eigenvalue weighted by Crippen LogP contribution is 2.26. The molecule has 2 aromatic carbocycles. The molecule has 24 heavy (non-hydrogen) atoms. The van der Waals surface area contributed by atoms with E-state index < -0.39 is 0 Å². The fourth-order valence-electron chi connectivity index (χ4n) is 2.70. The van der Waals surface area contributed by atoms with E-state index >= 15 is 0 Å². The van der Waals surface area contributed by atoms with E-state index in [0.717, 1.165) is 23.0 Å². The van der Waals surface area contributed by atoms with Gasteiger partial charge in [-0.05, 0) is 37.1 Å². The van der Waals surface area contributed by atoms with Crippen molar-refractivity contribution in [3.8, 4) is 5.75 Å². The molecule has 0 atom stereocenters. The van der Waals surface area contributed by atoms with Gasteiger partial charge in [0.15, 0.2) is 0 Å². The first-order valence-corrected chi connectivity index (χ1v) is 8.22.